The van der Waals surface area contributed by atoms with Crippen molar-refractivity contribution < 1.29 is 23.2 Å². The molecule has 0 bridgehead atoms. The van der Waals surface area contributed by atoms with E-state index in [1.54, 1.807) is 0 Å². The van der Waals surface area contributed by atoms with Gasteiger partial charge in [0.25, 0.3) is 12.4 Å². The maximum atomic E-state index is 12.8. The molecule has 0 aliphatic carbocycles. The molecule has 0 fully saturated rings. The molecule has 82 valence electrons. The van der Waals surface area contributed by atoms with Gasteiger partial charge in [-0.15, -0.1) is 0 Å². The Bertz CT molecular complexity index is 397. The van der Waals surface area contributed by atoms with Crippen LogP contribution < -0.4 is 0 Å². The average molecular weight is 222 g/mol. The van der Waals surface area contributed by atoms with Crippen LogP contribution in [-0.4, -0.2) is 15.0 Å². The molecule has 1 aromatic heterocycles. The number of halogens is 3. The van der Waals surface area contributed by atoms with E-state index in [0.29, 0.717) is 6.20 Å². The first-order valence-corrected chi connectivity index (χ1v) is 3.69. The van der Waals surface area contributed by atoms with Gasteiger partial charge in [0.1, 0.15) is 5.56 Å². The Morgan fingerprint density at radius 3 is 2.60 bits per heavy atom. The highest BCUT2D eigenvalue weighted by molar-refractivity contribution is 5.44. The van der Waals surface area contributed by atoms with Crippen molar-refractivity contribution in [2.24, 2.45) is 0 Å². The summed E-state index contributed by atoms with van der Waals surface area (Å²) in [7, 11) is 0. The van der Waals surface area contributed by atoms with Crippen molar-refractivity contribution in [1.82, 2.24) is 4.98 Å². The Balaban J connectivity index is 3.51. The molecule has 0 saturated heterocycles. The van der Waals surface area contributed by atoms with Crippen molar-refractivity contribution >= 4 is 5.69 Å². The van der Waals surface area contributed by atoms with Crippen LogP contribution in [0.1, 0.15) is 17.6 Å². The maximum absolute atomic E-state index is 12.8. The van der Waals surface area contributed by atoms with Crippen LogP contribution in [0.4, 0.5) is 18.9 Å². The predicted octanol–water partition coefficient (Wildman–Crippen LogP) is 1.56. The van der Waals surface area contributed by atoms with Gasteiger partial charge in [0, 0.05) is 11.8 Å². The van der Waals surface area contributed by atoms with E-state index in [1.807, 2.05) is 0 Å². The minimum atomic E-state index is -3.25. The number of alkyl halides is 2. The number of pyridine rings is 1. The first kappa shape index (κ1) is 11.4. The second kappa shape index (κ2) is 4.22. The monoisotopic (exact) mass is 222 g/mol. The van der Waals surface area contributed by atoms with Crippen molar-refractivity contribution in [2.45, 2.75) is 13.0 Å². The molecular formula is C7H5F3N2O3. The molecule has 1 aromatic rings. The summed E-state index contributed by atoms with van der Waals surface area (Å²) < 4.78 is 37.6. The van der Waals surface area contributed by atoms with Crippen LogP contribution in [0, 0.1) is 16.1 Å². The second-order valence-corrected chi connectivity index (χ2v) is 2.55. The molecule has 8 heteroatoms. The van der Waals surface area contributed by atoms with Gasteiger partial charge in [0.2, 0.25) is 0 Å². The third-order valence-electron chi connectivity index (χ3n) is 1.70. The summed E-state index contributed by atoms with van der Waals surface area (Å²) in [5.41, 5.74) is -2.98. The van der Waals surface area contributed by atoms with E-state index >= 15 is 0 Å². The quantitative estimate of drug-likeness (QED) is 0.478. The molecule has 1 N–H and O–H groups in total. The molecule has 1 heterocycles. The van der Waals surface area contributed by atoms with E-state index < -0.39 is 40.7 Å². The van der Waals surface area contributed by atoms with Crippen LogP contribution in [-0.2, 0) is 6.61 Å². The predicted molar refractivity (Wildman–Crippen MR) is 41.7 cm³/mol. The lowest BCUT2D eigenvalue weighted by Gasteiger charge is -2.06. The number of aromatic nitrogens is 1. The number of aliphatic hydroxyl groups is 1. The molecule has 0 saturated carbocycles. The molecule has 0 spiro atoms. The lowest BCUT2D eigenvalue weighted by atomic mass is 10.1. The van der Waals surface area contributed by atoms with E-state index in [9.17, 15) is 23.3 Å². The highest BCUT2D eigenvalue weighted by Crippen LogP contribution is 2.32. The van der Waals surface area contributed by atoms with Crippen LogP contribution in [0.25, 0.3) is 0 Å². The van der Waals surface area contributed by atoms with Crippen molar-refractivity contribution in [3.05, 3.63) is 33.4 Å². The Hall–Kier alpha value is -1.70. The molecule has 15 heavy (non-hydrogen) atoms. The standard InChI is InChI=1S/C7H5F3N2O3/c8-6(9)4-3(2-13)1-11-7(10)5(4)12(14)15/h1,6,13H,2H2. The first-order valence-electron chi connectivity index (χ1n) is 3.69. The third kappa shape index (κ3) is 2.04. The largest absolute Gasteiger partial charge is 0.392 e. The van der Waals surface area contributed by atoms with Gasteiger partial charge in [-0.25, -0.2) is 13.8 Å². The van der Waals surface area contributed by atoms with Gasteiger partial charge >= 0.3 is 5.69 Å². The lowest BCUT2D eigenvalue weighted by Crippen LogP contribution is -2.06. The van der Waals surface area contributed by atoms with Gasteiger partial charge in [-0.2, -0.15) is 4.39 Å². The number of aliphatic hydroxyl groups excluding tert-OH is 1. The molecule has 0 atom stereocenters. The molecule has 1 rings (SSSR count). The molecule has 0 aliphatic rings. The fourth-order valence-electron chi connectivity index (χ4n) is 1.07. The molecule has 0 amide bonds. The van der Waals surface area contributed by atoms with Gasteiger partial charge < -0.3 is 5.11 Å². The Kier molecular flexibility index (Phi) is 3.20. The number of hydrogen-bond donors (Lipinski definition) is 1. The van der Waals surface area contributed by atoms with Crippen molar-refractivity contribution in [2.75, 3.05) is 0 Å². The van der Waals surface area contributed by atoms with E-state index in [2.05, 4.69) is 4.98 Å². The van der Waals surface area contributed by atoms with Gasteiger partial charge in [0.15, 0.2) is 0 Å². The summed E-state index contributed by atoms with van der Waals surface area (Å²) in [4.78, 5) is 11.9. The Morgan fingerprint density at radius 1 is 1.60 bits per heavy atom. The fourth-order valence-corrected chi connectivity index (χ4v) is 1.07. The molecular weight excluding hydrogens is 217 g/mol. The van der Waals surface area contributed by atoms with Crippen molar-refractivity contribution in [3.63, 3.8) is 0 Å². The zero-order valence-corrected chi connectivity index (χ0v) is 7.15. The van der Waals surface area contributed by atoms with Crippen LogP contribution in [0.3, 0.4) is 0 Å². The summed E-state index contributed by atoms with van der Waals surface area (Å²) in [6.45, 7) is -0.867. The lowest BCUT2D eigenvalue weighted by molar-refractivity contribution is -0.389. The Morgan fingerprint density at radius 2 is 2.20 bits per heavy atom. The van der Waals surface area contributed by atoms with Gasteiger partial charge in [-0.3, -0.25) is 10.1 Å². The third-order valence-corrected chi connectivity index (χ3v) is 1.70. The summed E-state index contributed by atoms with van der Waals surface area (Å²) in [5.74, 6) is -1.59. The summed E-state index contributed by atoms with van der Waals surface area (Å²) in [6.07, 6.45) is -2.60. The first-order chi connectivity index (χ1) is 6.99. The van der Waals surface area contributed by atoms with Gasteiger partial charge in [-0.05, 0) is 0 Å². The molecule has 0 radical (unpaired) electrons. The number of hydrogen-bond acceptors (Lipinski definition) is 4. The zero-order chi connectivity index (χ0) is 11.6. The van der Waals surface area contributed by atoms with E-state index in [-0.39, 0.29) is 0 Å². The highest BCUT2D eigenvalue weighted by atomic mass is 19.3. The summed E-state index contributed by atoms with van der Waals surface area (Å²) >= 11 is 0. The molecule has 5 nitrogen and oxygen atoms in total. The minimum absolute atomic E-state index is 0.460. The van der Waals surface area contributed by atoms with Crippen LogP contribution >= 0.6 is 0 Å². The molecule has 0 unspecified atom stereocenters. The topological polar surface area (TPSA) is 76.3 Å². The van der Waals surface area contributed by atoms with Crippen molar-refractivity contribution in [3.8, 4) is 0 Å². The number of nitrogens with zero attached hydrogens (tertiary/aromatic N) is 2. The second-order valence-electron chi connectivity index (χ2n) is 2.55. The summed E-state index contributed by atoms with van der Waals surface area (Å²) in [6, 6.07) is 0. The fraction of sp³-hybridized carbons (Fsp3) is 0.286. The van der Waals surface area contributed by atoms with Gasteiger partial charge in [-0.1, -0.05) is 0 Å². The van der Waals surface area contributed by atoms with E-state index in [0.717, 1.165) is 0 Å². The number of nitro groups is 1. The summed E-state index contributed by atoms with van der Waals surface area (Å²) in [5, 5.41) is 19.0. The smallest absolute Gasteiger partial charge is 0.333 e. The van der Waals surface area contributed by atoms with E-state index in [1.165, 1.54) is 0 Å². The molecule has 0 aliphatic heterocycles. The maximum Gasteiger partial charge on any atom is 0.333 e. The van der Waals surface area contributed by atoms with Crippen LogP contribution in [0.5, 0.6) is 0 Å². The van der Waals surface area contributed by atoms with Crippen LogP contribution in [0.2, 0.25) is 0 Å². The number of rotatable bonds is 3. The van der Waals surface area contributed by atoms with Crippen LogP contribution in [0.15, 0.2) is 6.20 Å². The van der Waals surface area contributed by atoms with E-state index in [4.69, 9.17) is 5.11 Å². The average Bonchev–Trinajstić information content (AvgIpc) is 2.16. The SMILES string of the molecule is O=[N+]([O-])c1c(F)ncc(CO)c1C(F)F. The van der Waals surface area contributed by atoms with Crippen molar-refractivity contribution in [1.29, 1.82) is 0 Å². The minimum Gasteiger partial charge on any atom is -0.392 e. The normalized spacial score (nSPS) is 10.7. The zero-order valence-electron chi connectivity index (χ0n) is 7.15. The van der Waals surface area contributed by atoms with Gasteiger partial charge in [0.05, 0.1) is 11.5 Å². The molecule has 0 aromatic carbocycles. The Labute approximate surface area is 81.3 Å². The highest BCUT2D eigenvalue weighted by Gasteiger charge is 2.30.